The van der Waals surface area contributed by atoms with Gasteiger partial charge in [-0.25, -0.2) is 0 Å². The molecule has 0 aromatic heterocycles. The minimum atomic E-state index is -0.740. The molecule has 1 radical (unpaired) electrons. The van der Waals surface area contributed by atoms with Crippen LogP contribution in [0.4, 0.5) is 0 Å². The molecule has 0 spiro atoms. The number of aryl methyl sites for hydroxylation is 1. The predicted octanol–water partition coefficient (Wildman–Crippen LogP) is 3.77. The van der Waals surface area contributed by atoms with Crippen LogP contribution in [0.3, 0.4) is 0 Å². The number of amides is 1. The molecule has 0 aliphatic heterocycles. The van der Waals surface area contributed by atoms with E-state index in [1.807, 2.05) is 70.2 Å². The quantitative estimate of drug-likeness (QED) is 0.362. The fraction of sp³-hybridized carbons (Fsp3) is 0.462. The maximum absolute atomic E-state index is 12.2. The SMILES string of the molecule is CC.CC.[CH2-]C[C@@H](N)C(=O)N[C@@H](Cc1ccccc1)[C@H](O)CNCc1cccc(C)c1.[Y]. The number of aliphatic hydroxyl groups excluding tert-OH is 1. The Hall–Kier alpha value is -1.11. The van der Waals surface area contributed by atoms with Crippen LogP contribution in [0, 0.1) is 13.8 Å². The minimum absolute atomic E-state index is 0. The van der Waals surface area contributed by atoms with Gasteiger partial charge in [-0.2, -0.15) is 6.42 Å². The number of rotatable bonds is 10. The van der Waals surface area contributed by atoms with Crippen molar-refractivity contribution in [2.75, 3.05) is 6.54 Å². The molecule has 0 unspecified atom stereocenters. The number of aliphatic hydroxyl groups is 1. The van der Waals surface area contributed by atoms with Crippen molar-refractivity contribution in [1.29, 1.82) is 0 Å². The third kappa shape index (κ3) is 13.4. The van der Waals surface area contributed by atoms with E-state index in [1.165, 1.54) is 5.56 Å². The van der Waals surface area contributed by atoms with Crippen molar-refractivity contribution in [3.63, 3.8) is 0 Å². The van der Waals surface area contributed by atoms with Crippen molar-refractivity contribution in [3.05, 3.63) is 78.2 Å². The average Bonchev–Trinajstić information content (AvgIpc) is 2.81. The average molecular weight is 518 g/mol. The van der Waals surface area contributed by atoms with Crippen LogP contribution >= 0.6 is 0 Å². The van der Waals surface area contributed by atoms with Crippen molar-refractivity contribution in [1.82, 2.24) is 10.6 Å². The zero-order valence-electron chi connectivity index (χ0n) is 20.5. The molecular weight excluding hydrogens is 475 g/mol. The maximum Gasteiger partial charge on any atom is 0.234 e. The van der Waals surface area contributed by atoms with Crippen molar-refractivity contribution in [2.45, 2.75) is 72.2 Å². The van der Waals surface area contributed by atoms with E-state index >= 15 is 0 Å². The summed E-state index contributed by atoms with van der Waals surface area (Å²) in [5.41, 5.74) is 9.18. The van der Waals surface area contributed by atoms with E-state index in [1.54, 1.807) is 0 Å². The fourth-order valence-electron chi connectivity index (χ4n) is 2.90. The van der Waals surface area contributed by atoms with E-state index in [4.69, 9.17) is 5.73 Å². The molecule has 6 heteroatoms. The Balaban J connectivity index is 0. The molecule has 0 aliphatic carbocycles. The second-order valence-electron chi connectivity index (χ2n) is 6.89. The van der Waals surface area contributed by atoms with Crippen molar-refractivity contribution in [3.8, 4) is 0 Å². The topological polar surface area (TPSA) is 87.4 Å². The van der Waals surface area contributed by atoms with Crippen LogP contribution in [0.2, 0.25) is 0 Å². The molecule has 0 aliphatic rings. The van der Waals surface area contributed by atoms with Crippen LogP contribution in [-0.2, 0) is 50.5 Å². The number of nitrogens with two attached hydrogens (primary N) is 1. The van der Waals surface area contributed by atoms with Gasteiger partial charge in [0.25, 0.3) is 0 Å². The van der Waals surface area contributed by atoms with Gasteiger partial charge in [-0.05, 0) is 24.5 Å². The van der Waals surface area contributed by atoms with Crippen LogP contribution < -0.4 is 16.4 Å². The molecule has 2 rings (SSSR count). The summed E-state index contributed by atoms with van der Waals surface area (Å²) in [7, 11) is 0. The molecule has 0 saturated carbocycles. The van der Waals surface area contributed by atoms with E-state index in [-0.39, 0.29) is 38.6 Å². The summed E-state index contributed by atoms with van der Waals surface area (Å²) in [5, 5.41) is 16.8. The zero-order valence-corrected chi connectivity index (χ0v) is 23.3. The second-order valence-corrected chi connectivity index (χ2v) is 6.89. The number of benzene rings is 2. The predicted molar refractivity (Wildman–Crippen MR) is 132 cm³/mol. The van der Waals surface area contributed by atoms with Crippen molar-refractivity contribution in [2.24, 2.45) is 5.73 Å². The maximum atomic E-state index is 12.2. The molecule has 2 aromatic carbocycles. The first-order valence-corrected chi connectivity index (χ1v) is 11.3. The Morgan fingerprint density at radius 1 is 1.03 bits per heavy atom. The molecule has 1 amide bonds. The summed E-state index contributed by atoms with van der Waals surface area (Å²) in [6, 6.07) is 16.9. The number of nitrogens with one attached hydrogen (secondary N) is 2. The van der Waals surface area contributed by atoms with Gasteiger partial charge >= 0.3 is 0 Å². The van der Waals surface area contributed by atoms with E-state index in [0.29, 0.717) is 25.9 Å². The first-order valence-electron chi connectivity index (χ1n) is 11.3. The van der Waals surface area contributed by atoms with Gasteiger partial charge in [0.1, 0.15) is 0 Å². The van der Waals surface area contributed by atoms with E-state index in [2.05, 4.69) is 36.6 Å². The summed E-state index contributed by atoms with van der Waals surface area (Å²) in [6.45, 7) is 14.7. The fourth-order valence-corrected chi connectivity index (χ4v) is 2.90. The van der Waals surface area contributed by atoms with Gasteiger partial charge in [0.2, 0.25) is 5.91 Å². The van der Waals surface area contributed by atoms with Gasteiger partial charge in [0, 0.05) is 45.8 Å². The molecule has 3 atom stereocenters. The molecule has 5 nitrogen and oxygen atoms in total. The summed E-state index contributed by atoms with van der Waals surface area (Å²) >= 11 is 0. The molecule has 5 N–H and O–H groups in total. The summed E-state index contributed by atoms with van der Waals surface area (Å²) in [6.07, 6.45) is 0.103. The zero-order chi connectivity index (χ0) is 23.6. The molecule has 2 aromatic rings. The Bertz CT molecular complexity index is 713. The Morgan fingerprint density at radius 3 is 2.19 bits per heavy atom. The molecule has 177 valence electrons. The third-order valence-electron chi connectivity index (χ3n) is 4.50. The standard InChI is InChI=1S/C22H30N3O2.2C2H6.Y/c1-3-19(23)22(27)25-20(13-17-9-5-4-6-10-17)21(26)15-24-14-18-11-7-8-16(2)12-18;2*1-2;/h4-12,19-21,24,26H,1,3,13-15,23H2,2H3,(H,25,27);2*1-2H3;/q-1;;;/t19-,20+,21-;;;/m1.../s1. The molecule has 0 bridgehead atoms. The number of hydrogen-bond acceptors (Lipinski definition) is 4. The summed E-state index contributed by atoms with van der Waals surface area (Å²) < 4.78 is 0. The molecular formula is C26H42N3O2Y-. The van der Waals surface area contributed by atoms with Gasteiger partial charge in [0.05, 0.1) is 18.2 Å². The molecule has 0 heterocycles. The van der Waals surface area contributed by atoms with Gasteiger partial charge in [-0.1, -0.05) is 87.9 Å². The van der Waals surface area contributed by atoms with Crippen LogP contribution in [-0.4, -0.2) is 35.7 Å². The third-order valence-corrected chi connectivity index (χ3v) is 4.50. The number of hydrogen-bond donors (Lipinski definition) is 4. The molecule has 0 saturated heterocycles. The largest absolute Gasteiger partial charge is 0.390 e. The summed E-state index contributed by atoms with van der Waals surface area (Å²) in [4.78, 5) is 12.2. The van der Waals surface area contributed by atoms with Crippen LogP contribution in [0.25, 0.3) is 0 Å². The van der Waals surface area contributed by atoms with Gasteiger partial charge in [-0.3, -0.25) is 4.79 Å². The molecule has 32 heavy (non-hydrogen) atoms. The van der Waals surface area contributed by atoms with E-state index in [9.17, 15) is 9.90 Å². The van der Waals surface area contributed by atoms with Gasteiger partial charge < -0.3 is 28.4 Å². The van der Waals surface area contributed by atoms with E-state index in [0.717, 1.165) is 11.1 Å². The van der Waals surface area contributed by atoms with Crippen molar-refractivity contribution >= 4 is 5.91 Å². The number of carbonyl (C=O) groups excluding carboxylic acids is 1. The van der Waals surface area contributed by atoms with Gasteiger partial charge in [0.15, 0.2) is 0 Å². The normalized spacial score (nSPS) is 12.5. The summed E-state index contributed by atoms with van der Waals surface area (Å²) in [5.74, 6) is -0.288. The second kappa shape index (κ2) is 20.5. The van der Waals surface area contributed by atoms with Gasteiger partial charge in [-0.15, -0.1) is 0 Å². The van der Waals surface area contributed by atoms with Crippen LogP contribution in [0.5, 0.6) is 0 Å². The monoisotopic (exact) mass is 517 g/mol. The van der Waals surface area contributed by atoms with Crippen LogP contribution in [0.15, 0.2) is 54.6 Å². The molecule has 0 fully saturated rings. The smallest absolute Gasteiger partial charge is 0.234 e. The minimum Gasteiger partial charge on any atom is -0.390 e. The van der Waals surface area contributed by atoms with Crippen molar-refractivity contribution < 1.29 is 42.6 Å². The first-order chi connectivity index (χ1) is 15.0. The van der Waals surface area contributed by atoms with E-state index < -0.39 is 18.2 Å². The Kier molecular flexibility index (Phi) is 21.2. The van der Waals surface area contributed by atoms with Crippen LogP contribution in [0.1, 0.15) is 50.8 Å². The Labute approximate surface area is 220 Å². The first kappa shape index (κ1) is 33.1. The number of carbonyl (C=O) groups is 1. The Morgan fingerprint density at radius 2 is 1.62 bits per heavy atom.